The molecule has 0 atom stereocenters. The number of aromatic nitrogens is 3. The molecule has 0 saturated carbocycles. The van der Waals surface area contributed by atoms with E-state index in [1.165, 1.54) is 22.2 Å². The molecule has 4 aromatic rings. The molecule has 166 valence electrons. The summed E-state index contributed by atoms with van der Waals surface area (Å²) in [7, 11) is 1.65. The van der Waals surface area contributed by atoms with Gasteiger partial charge < -0.3 is 9.84 Å². The number of halogens is 1. The first kappa shape index (κ1) is 22.6. The normalized spacial score (nSPS) is 11.9. The zero-order chi connectivity index (χ0) is 22.8. The molecule has 0 amide bonds. The van der Waals surface area contributed by atoms with E-state index in [0.717, 1.165) is 38.8 Å². The van der Waals surface area contributed by atoms with Gasteiger partial charge in [0.25, 0.3) is 5.56 Å². The second-order valence-corrected chi connectivity index (χ2v) is 9.43. The predicted octanol–water partition coefficient (Wildman–Crippen LogP) is 5.15. The van der Waals surface area contributed by atoms with Gasteiger partial charge in [-0.25, -0.2) is 9.97 Å². The van der Waals surface area contributed by atoms with Crippen LogP contribution >= 0.6 is 27.3 Å². The van der Waals surface area contributed by atoms with Crippen LogP contribution in [0.3, 0.4) is 0 Å². The maximum atomic E-state index is 13.5. The number of phenolic OH excluding ortho intramolecular Hbond substituents is 1. The summed E-state index contributed by atoms with van der Waals surface area (Å²) in [5, 5.41) is 15.4. The summed E-state index contributed by atoms with van der Waals surface area (Å²) in [4.78, 5) is 23.8. The highest BCUT2D eigenvalue weighted by molar-refractivity contribution is 9.10. The monoisotopic (exact) mass is 514 g/mol. The third kappa shape index (κ3) is 4.32. The van der Waals surface area contributed by atoms with Crippen LogP contribution in [0, 0.1) is 6.92 Å². The van der Waals surface area contributed by atoms with Crippen molar-refractivity contribution in [1.29, 1.82) is 0 Å². The molecular weight excluding hydrogens is 492 g/mol. The van der Waals surface area contributed by atoms with Crippen LogP contribution < -0.4 is 5.56 Å². The third-order valence-corrected chi connectivity index (χ3v) is 6.63. The molecular formula is C23H23BrN4O3S. The number of aryl methyl sites for hydroxylation is 2. The minimum atomic E-state index is -0.240. The second-order valence-electron chi connectivity index (χ2n) is 7.51. The van der Waals surface area contributed by atoms with Crippen LogP contribution in [0.5, 0.6) is 5.75 Å². The minimum absolute atomic E-state index is 0.0832. The largest absolute Gasteiger partial charge is 0.507 e. The van der Waals surface area contributed by atoms with Crippen molar-refractivity contribution in [2.24, 2.45) is 5.10 Å². The molecule has 0 aliphatic rings. The van der Waals surface area contributed by atoms with Crippen molar-refractivity contribution >= 4 is 53.9 Å². The Labute approximate surface area is 197 Å². The molecule has 0 aliphatic heterocycles. The van der Waals surface area contributed by atoms with Gasteiger partial charge >= 0.3 is 0 Å². The Morgan fingerprint density at radius 2 is 2.12 bits per heavy atom. The van der Waals surface area contributed by atoms with Crippen molar-refractivity contribution < 1.29 is 9.84 Å². The molecule has 7 nitrogen and oxygen atoms in total. The number of methoxy groups -OCH3 is 1. The van der Waals surface area contributed by atoms with Crippen LogP contribution in [0.1, 0.15) is 42.4 Å². The molecule has 0 radical (unpaired) electrons. The molecule has 0 saturated heterocycles. The number of rotatable bonds is 7. The highest BCUT2D eigenvalue weighted by atomic mass is 79.9. The Kier molecular flexibility index (Phi) is 6.68. The fraction of sp³-hybridized carbons (Fsp3) is 0.304. The highest BCUT2D eigenvalue weighted by Crippen LogP contribution is 2.33. The number of phenols is 1. The van der Waals surface area contributed by atoms with Gasteiger partial charge in [0, 0.05) is 34.6 Å². The van der Waals surface area contributed by atoms with E-state index in [2.05, 4.69) is 32.9 Å². The fourth-order valence-electron chi connectivity index (χ4n) is 3.57. The average Bonchev–Trinajstić information content (AvgIpc) is 3.12. The molecule has 1 aromatic carbocycles. The lowest BCUT2D eigenvalue weighted by Crippen LogP contribution is -2.21. The molecule has 0 aliphatic carbocycles. The van der Waals surface area contributed by atoms with E-state index in [0.29, 0.717) is 34.6 Å². The first-order valence-electron chi connectivity index (χ1n) is 10.3. The molecule has 0 fully saturated rings. The Bertz CT molecular complexity index is 1390. The van der Waals surface area contributed by atoms with Gasteiger partial charge in [0.1, 0.15) is 21.1 Å². The van der Waals surface area contributed by atoms with E-state index in [9.17, 15) is 9.90 Å². The fourth-order valence-corrected chi connectivity index (χ4v) is 5.08. The van der Waals surface area contributed by atoms with Crippen LogP contribution in [0.25, 0.3) is 20.4 Å². The van der Waals surface area contributed by atoms with Gasteiger partial charge in [0.2, 0.25) is 0 Å². The van der Waals surface area contributed by atoms with E-state index in [4.69, 9.17) is 9.72 Å². The van der Waals surface area contributed by atoms with Crippen LogP contribution in [0.2, 0.25) is 0 Å². The van der Waals surface area contributed by atoms with Crippen molar-refractivity contribution in [3.63, 3.8) is 0 Å². The zero-order valence-electron chi connectivity index (χ0n) is 18.1. The molecule has 9 heteroatoms. The van der Waals surface area contributed by atoms with E-state index in [-0.39, 0.29) is 11.3 Å². The third-order valence-electron chi connectivity index (χ3n) is 5.07. The summed E-state index contributed by atoms with van der Waals surface area (Å²) in [6, 6.07) is 7.03. The first-order valence-corrected chi connectivity index (χ1v) is 11.9. The summed E-state index contributed by atoms with van der Waals surface area (Å²) in [6.07, 6.45) is 3.93. The Balaban J connectivity index is 1.96. The summed E-state index contributed by atoms with van der Waals surface area (Å²) < 4.78 is 8.04. The Morgan fingerprint density at radius 3 is 2.88 bits per heavy atom. The van der Waals surface area contributed by atoms with Crippen LogP contribution in [-0.4, -0.2) is 33.1 Å². The van der Waals surface area contributed by atoms with Gasteiger partial charge in [-0.15, -0.1) is 11.3 Å². The van der Waals surface area contributed by atoms with Crippen molar-refractivity contribution in [1.82, 2.24) is 14.6 Å². The van der Waals surface area contributed by atoms with Gasteiger partial charge in [0.15, 0.2) is 0 Å². The summed E-state index contributed by atoms with van der Waals surface area (Å²) in [5.41, 5.74) is 2.75. The molecule has 0 bridgehead atoms. The SMILES string of the molecule is CCCCc1nc2c(sc3nc(C)cc(COC)c32)c(=O)n1/N=C/c1cc(Br)ccc1O. The van der Waals surface area contributed by atoms with Crippen LogP contribution in [0.15, 0.2) is 38.6 Å². The number of aromatic hydroxyl groups is 1. The van der Waals surface area contributed by atoms with Crippen LogP contribution in [0.4, 0.5) is 0 Å². The summed E-state index contributed by atoms with van der Waals surface area (Å²) >= 11 is 4.72. The number of pyridine rings is 1. The van der Waals surface area contributed by atoms with E-state index in [1.54, 1.807) is 25.3 Å². The highest BCUT2D eigenvalue weighted by Gasteiger charge is 2.19. The van der Waals surface area contributed by atoms with Crippen molar-refractivity contribution in [3.05, 3.63) is 61.7 Å². The number of fused-ring (bicyclic) bond motifs is 3. The molecule has 4 rings (SSSR count). The summed E-state index contributed by atoms with van der Waals surface area (Å²) in [6.45, 7) is 4.43. The van der Waals surface area contributed by atoms with E-state index >= 15 is 0 Å². The second kappa shape index (κ2) is 9.48. The molecule has 3 aromatic heterocycles. The topological polar surface area (TPSA) is 89.6 Å². The van der Waals surface area contributed by atoms with Gasteiger partial charge in [-0.2, -0.15) is 9.78 Å². The number of unbranched alkanes of at least 4 members (excludes halogenated alkanes) is 1. The van der Waals surface area contributed by atoms with E-state index in [1.807, 2.05) is 13.0 Å². The molecule has 1 N–H and O–H groups in total. The van der Waals surface area contributed by atoms with E-state index < -0.39 is 0 Å². The number of hydrogen-bond donors (Lipinski definition) is 1. The molecule has 0 spiro atoms. The van der Waals surface area contributed by atoms with Crippen molar-refractivity contribution in [3.8, 4) is 5.75 Å². The van der Waals surface area contributed by atoms with Gasteiger partial charge in [-0.3, -0.25) is 4.79 Å². The lowest BCUT2D eigenvalue weighted by molar-refractivity contribution is 0.186. The lowest BCUT2D eigenvalue weighted by atomic mass is 10.1. The standard InChI is InChI=1S/C23H23BrN4O3S/c1-4-5-6-18-27-20-19-15(12-31-3)9-13(2)26-22(19)32-21(20)23(30)28(18)25-11-14-10-16(24)7-8-17(14)29/h7-11,29H,4-6,12H2,1-3H3/b25-11+. The minimum Gasteiger partial charge on any atom is -0.507 e. The van der Waals surface area contributed by atoms with Gasteiger partial charge in [-0.05, 0) is 43.2 Å². The predicted molar refractivity (Wildman–Crippen MR) is 132 cm³/mol. The summed E-state index contributed by atoms with van der Waals surface area (Å²) in [5.74, 6) is 0.665. The van der Waals surface area contributed by atoms with Gasteiger partial charge in [-0.1, -0.05) is 29.3 Å². The molecule has 3 heterocycles. The molecule has 0 unspecified atom stereocenters. The smallest absolute Gasteiger partial charge is 0.292 e. The maximum absolute atomic E-state index is 13.5. The molecule has 32 heavy (non-hydrogen) atoms. The van der Waals surface area contributed by atoms with Crippen molar-refractivity contribution in [2.45, 2.75) is 39.7 Å². The van der Waals surface area contributed by atoms with Crippen LogP contribution in [-0.2, 0) is 17.8 Å². The maximum Gasteiger partial charge on any atom is 0.292 e. The zero-order valence-corrected chi connectivity index (χ0v) is 20.5. The Hall–Kier alpha value is -2.62. The Morgan fingerprint density at radius 1 is 1.31 bits per heavy atom. The number of thiophene rings is 1. The first-order chi connectivity index (χ1) is 15.4. The number of hydrogen-bond acceptors (Lipinski definition) is 7. The quantitative estimate of drug-likeness (QED) is 0.344. The van der Waals surface area contributed by atoms with Crippen molar-refractivity contribution in [2.75, 3.05) is 7.11 Å². The average molecular weight is 515 g/mol. The lowest BCUT2D eigenvalue weighted by Gasteiger charge is -2.08. The number of ether oxygens (including phenoxy) is 1. The number of benzene rings is 1. The number of nitrogens with zero attached hydrogens (tertiary/aromatic N) is 4. The van der Waals surface area contributed by atoms with Gasteiger partial charge in [0.05, 0.1) is 18.3 Å².